The summed E-state index contributed by atoms with van der Waals surface area (Å²) in [5.74, 6) is -0.461. The second kappa shape index (κ2) is 13.2. The summed E-state index contributed by atoms with van der Waals surface area (Å²) >= 11 is 0. The number of rotatable bonds is 9. The van der Waals surface area contributed by atoms with Crippen molar-refractivity contribution < 1.29 is 19.1 Å². The molecule has 33 heavy (non-hydrogen) atoms. The zero-order valence-corrected chi connectivity index (χ0v) is 20.0. The third kappa shape index (κ3) is 8.06. The highest BCUT2D eigenvalue weighted by atomic mass is 16.5. The Labute approximate surface area is 197 Å². The maximum atomic E-state index is 13.1. The van der Waals surface area contributed by atoms with E-state index in [0.717, 1.165) is 44.9 Å². The number of esters is 1. The topological polar surface area (TPSA) is 79.0 Å². The van der Waals surface area contributed by atoms with E-state index in [0.29, 0.717) is 32.8 Å². The number of piperidine rings is 1. The third-order valence-corrected chi connectivity index (χ3v) is 6.72. The van der Waals surface area contributed by atoms with Crippen LogP contribution in [0.5, 0.6) is 0 Å². The molecule has 1 aromatic carbocycles. The molecule has 1 saturated heterocycles. The first kappa shape index (κ1) is 25.1. The van der Waals surface area contributed by atoms with E-state index in [2.05, 4.69) is 17.4 Å². The van der Waals surface area contributed by atoms with Crippen LogP contribution in [-0.2, 0) is 20.7 Å². The average Bonchev–Trinajstić information content (AvgIpc) is 2.85. The first-order chi connectivity index (χ1) is 16.1. The summed E-state index contributed by atoms with van der Waals surface area (Å²) in [6, 6.07) is 10.3. The highest BCUT2D eigenvalue weighted by molar-refractivity contribution is 5.80. The molecular weight excluding hydrogens is 418 g/mol. The smallest absolute Gasteiger partial charge is 0.317 e. The molecule has 3 amide bonds. The first-order valence-electron chi connectivity index (χ1n) is 12.6. The summed E-state index contributed by atoms with van der Waals surface area (Å²) in [5, 5.41) is 3.20. The van der Waals surface area contributed by atoms with Gasteiger partial charge < -0.3 is 19.9 Å². The monoisotopic (exact) mass is 457 g/mol. The van der Waals surface area contributed by atoms with Gasteiger partial charge in [0.2, 0.25) is 5.91 Å². The fourth-order valence-corrected chi connectivity index (χ4v) is 4.78. The number of amides is 3. The van der Waals surface area contributed by atoms with Crippen LogP contribution in [0.4, 0.5) is 4.79 Å². The second-order valence-electron chi connectivity index (χ2n) is 9.19. The van der Waals surface area contributed by atoms with Crippen molar-refractivity contribution in [3.63, 3.8) is 0 Å². The fraction of sp³-hybridized carbons (Fsp3) is 0.654. The van der Waals surface area contributed by atoms with Crippen LogP contribution in [0, 0.1) is 5.92 Å². The minimum Gasteiger partial charge on any atom is -0.466 e. The highest BCUT2D eigenvalue weighted by Crippen LogP contribution is 2.20. The van der Waals surface area contributed by atoms with Crippen LogP contribution >= 0.6 is 0 Å². The largest absolute Gasteiger partial charge is 0.466 e. The normalized spacial score (nSPS) is 19.1. The van der Waals surface area contributed by atoms with E-state index < -0.39 is 0 Å². The van der Waals surface area contributed by atoms with Gasteiger partial charge in [-0.25, -0.2) is 4.79 Å². The van der Waals surface area contributed by atoms with Gasteiger partial charge >= 0.3 is 12.0 Å². The molecule has 2 aliphatic rings. The molecule has 7 heteroatoms. The molecule has 1 heterocycles. The Hall–Kier alpha value is -2.57. The number of ether oxygens (including phenoxy) is 1. The minimum atomic E-state index is -0.244. The predicted octanol–water partition coefficient (Wildman–Crippen LogP) is 3.77. The highest BCUT2D eigenvalue weighted by Gasteiger charge is 2.29. The molecule has 1 saturated carbocycles. The minimum absolute atomic E-state index is 0.000763. The van der Waals surface area contributed by atoms with Crippen molar-refractivity contribution >= 4 is 17.9 Å². The molecule has 0 aromatic heterocycles. The lowest BCUT2D eigenvalue weighted by Gasteiger charge is -2.33. The van der Waals surface area contributed by atoms with Crippen molar-refractivity contribution in [2.75, 3.05) is 32.8 Å². The maximum Gasteiger partial charge on any atom is 0.317 e. The van der Waals surface area contributed by atoms with Crippen molar-refractivity contribution in [3.05, 3.63) is 35.9 Å². The van der Waals surface area contributed by atoms with Crippen LogP contribution in [-0.4, -0.2) is 66.5 Å². The molecule has 1 atom stereocenters. The Bertz CT molecular complexity index is 764. The Morgan fingerprint density at radius 1 is 1.03 bits per heavy atom. The summed E-state index contributed by atoms with van der Waals surface area (Å²) < 4.78 is 5.15. The summed E-state index contributed by atoms with van der Waals surface area (Å²) in [5.41, 5.74) is 1.17. The van der Waals surface area contributed by atoms with Crippen LogP contribution in [0.3, 0.4) is 0 Å². The van der Waals surface area contributed by atoms with E-state index in [1.165, 1.54) is 12.0 Å². The van der Waals surface area contributed by atoms with Crippen LogP contribution in [0.2, 0.25) is 0 Å². The molecule has 1 aliphatic heterocycles. The Morgan fingerprint density at radius 2 is 1.79 bits per heavy atom. The number of hydrogen-bond donors (Lipinski definition) is 1. The molecular formula is C26H39N3O4. The first-order valence-corrected chi connectivity index (χ1v) is 12.6. The molecule has 1 unspecified atom stereocenters. The number of carbonyl (C=O) groups is 3. The number of nitrogens with zero attached hydrogens (tertiary/aromatic N) is 2. The van der Waals surface area contributed by atoms with Crippen LogP contribution in [0.1, 0.15) is 63.9 Å². The number of hydrogen-bond acceptors (Lipinski definition) is 4. The molecule has 1 aromatic rings. The Morgan fingerprint density at radius 3 is 2.52 bits per heavy atom. The summed E-state index contributed by atoms with van der Waals surface area (Å²) in [4.78, 5) is 41.7. The predicted molar refractivity (Wildman–Crippen MR) is 128 cm³/mol. The van der Waals surface area contributed by atoms with Crippen LogP contribution < -0.4 is 5.32 Å². The van der Waals surface area contributed by atoms with Gasteiger partial charge in [-0.3, -0.25) is 9.59 Å². The van der Waals surface area contributed by atoms with E-state index >= 15 is 0 Å². The lowest BCUT2D eigenvalue weighted by Crippen LogP contribution is -2.48. The Kier molecular flexibility index (Phi) is 10.0. The second-order valence-corrected chi connectivity index (χ2v) is 9.19. The molecule has 0 radical (unpaired) electrons. The lowest BCUT2D eigenvalue weighted by molar-refractivity contribution is -0.151. The number of likely N-dealkylation sites (tertiary alicyclic amines) is 1. The summed E-state index contributed by atoms with van der Waals surface area (Å²) in [7, 11) is 0. The van der Waals surface area contributed by atoms with Crippen molar-refractivity contribution in [2.45, 2.75) is 70.8 Å². The average molecular weight is 458 g/mol. The SMILES string of the molecule is CCOC(=O)C1CCCN(C(=O)CCN(CCc2ccccc2)C(=O)NC2CCCCC2)C1. The zero-order chi connectivity index (χ0) is 23.5. The van der Waals surface area contributed by atoms with Gasteiger partial charge in [0, 0.05) is 38.6 Å². The molecule has 0 bridgehead atoms. The third-order valence-electron chi connectivity index (χ3n) is 6.72. The number of benzene rings is 1. The van der Waals surface area contributed by atoms with Crippen LogP contribution in [0.15, 0.2) is 30.3 Å². The van der Waals surface area contributed by atoms with Crippen molar-refractivity contribution in [2.24, 2.45) is 5.92 Å². The van der Waals surface area contributed by atoms with Crippen molar-refractivity contribution in [3.8, 4) is 0 Å². The molecule has 2 fully saturated rings. The number of carbonyl (C=O) groups excluding carboxylic acids is 3. The molecule has 182 valence electrons. The number of urea groups is 1. The van der Waals surface area contributed by atoms with Gasteiger partial charge in [-0.1, -0.05) is 49.6 Å². The van der Waals surface area contributed by atoms with E-state index in [4.69, 9.17) is 4.74 Å². The van der Waals surface area contributed by atoms with Crippen molar-refractivity contribution in [1.82, 2.24) is 15.1 Å². The maximum absolute atomic E-state index is 13.1. The Balaban J connectivity index is 1.55. The molecule has 1 N–H and O–H groups in total. The van der Waals surface area contributed by atoms with Gasteiger partial charge in [0.05, 0.1) is 12.5 Å². The van der Waals surface area contributed by atoms with Gasteiger partial charge in [0.1, 0.15) is 0 Å². The van der Waals surface area contributed by atoms with E-state index in [9.17, 15) is 14.4 Å². The van der Waals surface area contributed by atoms with Gasteiger partial charge in [-0.15, -0.1) is 0 Å². The summed E-state index contributed by atoms with van der Waals surface area (Å²) in [6.45, 7) is 4.18. The van der Waals surface area contributed by atoms with Crippen LogP contribution in [0.25, 0.3) is 0 Å². The van der Waals surface area contributed by atoms with Crippen molar-refractivity contribution in [1.29, 1.82) is 0 Å². The van der Waals surface area contributed by atoms with Gasteiger partial charge in [-0.05, 0) is 44.6 Å². The quantitative estimate of drug-likeness (QED) is 0.573. The lowest BCUT2D eigenvalue weighted by atomic mass is 9.96. The van der Waals surface area contributed by atoms with Gasteiger partial charge in [-0.2, -0.15) is 0 Å². The zero-order valence-electron chi connectivity index (χ0n) is 20.0. The van der Waals surface area contributed by atoms with E-state index in [1.807, 2.05) is 18.2 Å². The molecule has 7 nitrogen and oxygen atoms in total. The number of nitrogens with one attached hydrogen (secondary N) is 1. The van der Waals surface area contributed by atoms with Gasteiger partial charge in [0.15, 0.2) is 0 Å². The molecule has 3 rings (SSSR count). The molecule has 1 aliphatic carbocycles. The summed E-state index contributed by atoms with van der Waals surface area (Å²) in [6.07, 6.45) is 8.19. The standard InChI is InChI=1S/C26H39N3O4/c1-2-33-25(31)22-12-9-17-29(20-22)24(30)16-19-28(18-15-21-10-5-3-6-11-21)26(32)27-23-13-7-4-8-14-23/h3,5-6,10-11,22-23H,2,4,7-9,12-20H2,1H3,(H,27,32). The fourth-order valence-electron chi connectivity index (χ4n) is 4.78. The van der Waals surface area contributed by atoms with Gasteiger partial charge in [0.25, 0.3) is 0 Å². The van der Waals surface area contributed by atoms with E-state index in [-0.39, 0.29) is 36.3 Å². The molecule has 0 spiro atoms. The van der Waals surface area contributed by atoms with E-state index in [1.54, 1.807) is 16.7 Å².